The van der Waals surface area contributed by atoms with E-state index in [1.54, 1.807) is 24.3 Å². The van der Waals surface area contributed by atoms with E-state index < -0.39 is 0 Å². The first-order valence-electron chi connectivity index (χ1n) is 6.56. The van der Waals surface area contributed by atoms with Crippen LogP contribution in [-0.2, 0) is 25.6 Å². The molecule has 0 aliphatic rings. The highest BCUT2D eigenvalue weighted by Crippen LogP contribution is 2.11. The fourth-order valence-corrected chi connectivity index (χ4v) is 1.59. The Morgan fingerprint density at radius 1 is 1.36 bits per heavy atom. The number of hydroxylamine groups is 2. The average Bonchev–Trinajstić information content (AvgIpc) is 2.51. The van der Waals surface area contributed by atoms with Crippen molar-refractivity contribution in [3.63, 3.8) is 0 Å². The summed E-state index contributed by atoms with van der Waals surface area (Å²) in [5.74, 6) is -0.984. The van der Waals surface area contributed by atoms with Gasteiger partial charge in [-0.1, -0.05) is 18.7 Å². The molecule has 0 saturated carbocycles. The van der Waals surface area contributed by atoms with Crippen LogP contribution in [0.25, 0.3) is 0 Å². The molecule has 1 aromatic rings. The lowest BCUT2D eigenvalue weighted by Crippen LogP contribution is -2.38. The first kappa shape index (κ1) is 17.4. The topological polar surface area (TPSA) is 87.7 Å². The lowest BCUT2D eigenvalue weighted by Gasteiger charge is -2.14. The molecule has 0 aromatic heterocycles. The van der Waals surface area contributed by atoms with E-state index in [1.807, 2.05) is 0 Å². The third-order valence-corrected chi connectivity index (χ3v) is 2.81. The molecule has 3 amide bonds. The first-order chi connectivity index (χ1) is 10.5. The van der Waals surface area contributed by atoms with Crippen molar-refractivity contribution in [2.45, 2.75) is 6.42 Å². The van der Waals surface area contributed by atoms with Crippen LogP contribution < -0.4 is 10.6 Å². The lowest BCUT2D eigenvalue weighted by atomic mass is 10.1. The van der Waals surface area contributed by atoms with Crippen LogP contribution in [0.1, 0.15) is 5.56 Å². The Bertz CT molecular complexity index is 572. The molecule has 0 fully saturated rings. The molecule has 0 heterocycles. The SMILES string of the molecule is C=CC(=O)Nc1cccc(CC(=O)NCC(=O)N(C)OC)c1. The van der Waals surface area contributed by atoms with Gasteiger partial charge in [0.15, 0.2) is 0 Å². The summed E-state index contributed by atoms with van der Waals surface area (Å²) in [6.07, 6.45) is 1.26. The van der Waals surface area contributed by atoms with E-state index in [-0.39, 0.29) is 30.7 Å². The van der Waals surface area contributed by atoms with Gasteiger partial charge in [-0.2, -0.15) is 0 Å². The van der Waals surface area contributed by atoms with Crippen molar-refractivity contribution in [2.75, 3.05) is 26.0 Å². The normalized spacial score (nSPS) is 9.73. The van der Waals surface area contributed by atoms with Crippen LogP contribution in [0.2, 0.25) is 0 Å². The molecule has 7 nitrogen and oxygen atoms in total. The maximum atomic E-state index is 11.8. The van der Waals surface area contributed by atoms with Crippen LogP contribution in [0.15, 0.2) is 36.9 Å². The molecule has 0 radical (unpaired) electrons. The van der Waals surface area contributed by atoms with Gasteiger partial charge < -0.3 is 10.6 Å². The van der Waals surface area contributed by atoms with Gasteiger partial charge in [0.2, 0.25) is 11.8 Å². The zero-order chi connectivity index (χ0) is 16.5. The maximum absolute atomic E-state index is 11.8. The monoisotopic (exact) mass is 305 g/mol. The average molecular weight is 305 g/mol. The van der Waals surface area contributed by atoms with E-state index in [9.17, 15) is 14.4 Å². The van der Waals surface area contributed by atoms with Gasteiger partial charge in [0.1, 0.15) is 0 Å². The van der Waals surface area contributed by atoms with E-state index >= 15 is 0 Å². The highest BCUT2D eigenvalue weighted by molar-refractivity contribution is 5.99. The number of amides is 3. The largest absolute Gasteiger partial charge is 0.347 e. The molecule has 22 heavy (non-hydrogen) atoms. The van der Waals surface area contributed by atoms with Crippen molar-refractivity contribution in [3.05, 3.63) is 42.5 Å². The van der Waals surface area contributed by atoms with E-state index in [4.69, 9.17) is 4.84 Å². The molecule has 0 aliphatic carbocycles. The molecule has 0 atom stereocenters. The number of anilines is 1. The number of nitrogens with one attached hydrogen (secondary N) is 2. The third kappa shape index (κ3) is 5.76. The van der Waals surface area contributed by atoms with Gasteiger partial charge in [0.05, 0.1) is 20.1 Å². The molecule has 1 rings (SSSR count). The molecular formula is C15H19N3O4. The summed E-state index contributed by atoms with van der Waals surface area (Å²) >= 11 is 0. The number of carbonyl (C=O) groups excluding carboxylic acids is 3. The van der Waals surface area contributed by atoms with E-state index in [1.165, 1.54) is 14.2 Å². The number of nitrogens with zero attached hydrogens (tertiary/aromatic N) is 1. The van der Waals surface area contributed by atoms with Crippen molar-refractivity contribution < 1.29 is 19.2 Å². The quantitative estimate of drug-likeness (QED) is 0.567. The minimum atomic E-state index is -0.358. The number of benzene rings is 1. The molecule has 0 unspecified atom stereocenters. The Morgan fingerprint density at radius 2 is 2.09 bits per heavy atom. The molecule has 2 N–H and O–H groups in total. The zero-order valence-electron chi connectivity index (χ0n) is 12.6. The van der Waals surface area contributed by atoms with Crippen molar-refractivity contribution >= 4 is 23.4 Å². The molecule has 0 bridgehead atoms. The summed E-state index contributed by atoms with van der Waals surface area (Å²) < 4.78 is 0. The van der Waals surface area contributed by atoms with E-state index in [0.717, 1.165) is 11.1 Å². The molecule has 118 valence electrons. The van der Waals surface area contributed by atoms with Gasteiger partial charge in [-0.3, -0.25) is 19.2 Å². The Morgan fingerprint density at radius 3 is 2.73 bits per heavy atom. The summed E-state index contributed by atoms with van der Waals surface area (Å²) in [7, 11) is 2.82. The fraction of sp³-hybridized carbons (Fsp3) is 0.267. The van der Waals surface area contributed by atoms with Crippen LogP contribution in [0, 0.1) is 0 Å². The number of carbonyl (C=O) groups is 3. The second-order valence-corrected chi connectivity index (χ2v) is 4.42. The van der Waals surface area contributed by atoms with Crippen molar-refractivity contribution in [3.8, 4) is 0 Å². The van der Waals surface area contributed by atoms with Crippen LogP contribution in [0.4, 0.5) is 5.69 Å². The second-order valence-electron chi connectivity index (χ2n) is 4.42. The molecule has 0 aliphatic heterocycles. The van der Waals surface area contributed by atoms with Gasteiger partial charge in [-0.15, -0.1) is 0 Å². The van der Waals surface area contributed by atoms with Gasteiger partial charge in [-0.25, -0.2) is 5.06 Å². The predicted octanol–water partition coefficient (Wildman–Crippen LogP) is 0.490. The highest BCUT2D eigenvalue weighted by Gasteiger charge is 2.10. The summed E-state index contributed by atoms with van der Waals surface area (Å²) in [6, 6.07) is 6.88. The Hall–Kier alpha value is -2.67. The van der Waals surface area contributed by atoms with Gasteiger partial charge in [0, 0.05) is 12.7 Å². The van der Waals surface area contributed by atoms with Gasteiger partial charge >= 0.3 is 0 Å². The number of hydrogen-bond acceptors (Lipinski definition) is 4. The molecule has 0 spiro atoms. The summed E-state index contributed by atoms with van der Waals surface area (Å²) in [5.41, 5.74) is 1.29. The van der Waals surface area contributed by atoms with Gasteiger partial charge in [-0.05, 0) is 23.8 Å². The molecule has 7 heteroatoms. The van der Waals surface area contributed by atoms with Crippen molar-refractivity contribution in [1.82, 2.24) is 10.4 Å². The van der Waals surface area contributed by atoms with Crippen LogP contribution in [-0.4, -0.2) is 43.5 Å². The minimum Gasteiger partial charge on any atom is -0.347 e. The standard InChI is InChI=1S/C15H19N3O4/c1-4-13(19)17-12-7-5-6-11(8-12)9-14(20)16-10-15(21)18(2)22-3/h4-8H,1,9-10H2,2-3H3,(H,16,20)(H,17,19). The number of likely N-dealkylation sites (N-methyl/N-ethyl adjacent to an activating group) is 1. The first-order valence-corrected chi connectivity index (χ1v) is 6.56. The summed E-state index contributed by atoms with van der Waals surface area (Å²) in [4.78, 5) is 39.2. The van der Waals surface area contributed by atoms with Crippen molar-refractivity contribution in [2.24, 2.45) is 0 Å². The van der Waals surface area contributed by atoms with Gasteiger partial charge in [0.25, 0.3) is 5.91 Å². The predicted molar refractivity (Wildman–Crippen MR) is 81.8 cm³/mol. The van der Waals surface area contributed by atoms with Crippen LogP contribution >= 0.6 is 0 Å². The molecule has 0 saturated heterocycles. The third-order valence-electron chi connectivity index (χ3n) is 2.81. The minimum absolute atomic E-state index is 0.0990. The highest BCUT2D eigenvalue weighted by atomic mass is 16.7. The van der Waals surface area contributed by atoms with Crippen LogP contribution in [0.3, 0.4) is 0 Å². The smallest absolute Gasteiger partial charge is 0.265 e. The second kappa shape index (κ2) is 8.58. The molecular weight excluding hydrogens is 286 g/mol. The Kier molecular flexibility index (Phi) is 6.78. The molecule has 1 aromatic carbocycles. The van der Waals surface area contributed by atoms with Crippen molar-refractivity contribution in [1.29, 1.82) is 0 Å². The number of hydrogen-bond donors (Lipinski definition) is 2. The van der Waals surface area contributed by atoms with E-state index in [0.29, 0.717) is 11.3 Å². The fourth-order valence-electron chi connectivity index (χ4n) is 1.59. The number of rotatable bonds is 7. The van der Waals surface area contributed by atoms with Crippen LogP contribution in [0.5, 0.6) is 0 Å². The Balaban J connectivity index is 2.54. The summed E-state index contributed by atoms with van der Waals surface area (Å²) in [6.45, 7) is 3.22. The van der Waals surface area contributed by atoms with E-state index in [2.05, 4.69) is 17.2 Å². The lowest BCUT2D eigenvalue weighted by molar-refractivity contribution is -0.167. The zero-order valence-corrected chi connectivity index (χ0v) is 12.6. The Labute approximate surface area is 128 Å². The summed E-state index contributed by atoms with van der Waals surface area (Å²) in [5, 5.41) is 6.15. The maximum Gasteiger partial charge on any atom is 0.265 e.